The smallest absolute Gasteiger partial charge is 0.189 e. The monoisotopic (exact) mass is 387 g/mol. The Morgan fingerprint density at radius 3 is 1.54 bits per heavy atom. The predicted octanol–water partition coefficient (Wildman–Crippen LogP) is 4.38. The van der Waals surface area contributed by atoms with E-state index in [1.807, 2.05) is 7.11 Å². The van der Waals surface area contributed by atoms with Gasteiger partial charge in [-0.05, 0) is 111 Å². The molecule has 0 aromatic rings. The Morgan fingerprint density at radius 2 is 1.15 bits per heavy atom. The Hall–Kier alpha value is 0.0569. The van der Waals surface area contributed by atoms with Crippen LogP contribution in [0.15, 0.2) is 0 Å². The van der Waals surface area contributed by atoms with E-state index >= 15 is 0 Å². The van der Waals surface area contributed by atoms with Gasteiger partial charge in [-0.25, -0.2) is 0 Å². The first-order chi connectivity index (χ1) is 12.4. The van der Waals surface area contributed by atoms with Gasteiger partial charge in [0.1, 0.15) is 0 Å². The van der Waals surface area contributed by atoms with Crippen LogP contribution >= 0.6 is 0 Å². The minimum Gasteiger partial charge on any atom is -0.420 e. The molecule has 0 amide bonds. The van der Waals surface area contributed by atoms with Gasteiger partial charge in [-0.1, -0.05) is 20.8 Å². The molecule has 4 nitrogen and oxygen atoms in total. The molecule has 0 fully saturated rings. The van der Waals surface area contributed by atoms with Crippen LogP contribution < -0.4 is 0 Å². The van der Waals surface area contributed by atoms with Crippen molar-refractivity contribution in [3.8, 4) is 0 Å². The summed E-state index contributed by atoms with van der Waals surface area (Å²) in [5.74, 6) is 0. The molecule has 0 aliphatic heterocycles. The van der Waals surface area contributed by atoms with Crippen molar-refractivity contribution in [2.24, 2.45) is 0 Å². The van der Waals surface area contributed by atoms with Crippen LogP contribution in [0.3, 0.4) is 0 Å². The van der Waals surface area contributed by atoms with Crippen LogP contribution in [-0.4, -0.2) is 90.0 Å². The third-order valence-electron chi connectivity index (χ3n) is 5.66. The topological polar surface area (TPSA) is 19.0 Å². The van der Waals surface area contributed by atoms with Crippen LogP contribution in [0.25, 0.3) is 0 Å². The lowest BCUT2D eigenvalue weighted by molar-refractivity contribution is 0.226. The zero-order chi connectivity index (χ0) is 19.8. The average Bonchev–Trinajstić information content (AvgIpc) is 2.61. The first kappa shape index (κ1) is 26.1. The van der Waals surface area contributed by atoms with E-state index < -0.39 is 8.32 Å². The average molecular weight is 388 g/mol. The molecule has 0 heterocycles. The fourth-order valence-corrected chi connectivity index (χ4v) is 5.30. The summed E-state index contributed by atoms with van der Waals surface area (Å²) in [4.78, 5) is 7.65. The highest BCUT2D eigenvalue weighted by Crippen LogP contribution is 2.18. The molecule has 0 saturated heterocycles. The molecule has 0 saturated carbocycles. The van der Waals surface area contributed by atoms with Crippen molar-refractivity contribution >= 4 is 8.32 Å². The van der Waals surface area contributed by atoms with Crippen LogP contribution in [-0.2, 0) is 4.43 Å². The lowest BCUT2D eigenvalue weighted by atomic mass is 10.2. The van der Waals surface area contributed by atoms with Gasteiger partial charge in [0.15, 0.2) is 8.32 Å². The molecule has 0 aliphatic carbocycles. The number of nitrogens with zero attached hydrogens (tertiary/aromatic N) is 3. The summed E-state index contributed by atoms with van der Waals surface area (Å²) < 4.78 is 5.85. The van der Waals surface area contributed by atoms with Gasteiger partial charge in [-0.15, -0.1) is 0 Å². The maximum absolute atomic E-state index is 5.85. The Labute approximate surface area is 166 Å². The van der Waals surface area contributed by atoms with Crippen LogP contribution in [0.1, 0.15) is 52.9 Å². The summed E-state index contributed by atoms with van der Waals surface area (Å²) in [5, 5.41) is 0. The summed E-state index contributed by atoms with van der Waals surface area (Å²) in [5.41, 5.74) is 0. The lowest BCUT2D eigenvalue weighted by Crippen LogP contribution is -2.35. The van der Waals surface area contributed by atoms with Gasteiger partial charge in [-0.2, -0.15) is 0 Å². The molecule has 1 atom stereocenters. The number of hydrogen-bond acceptors (Lipinski definition) is 4. The number of hydrogen-bond donors (Lipinski definition) is 0. The second-order valence-corrected chi connectivity index (χ2v) is 12.8. The van der Waals surface area contributed by atoms with Crippen LogP contribution in [0.5, 0.6) is 0 Å². The third kappa shape index (κ3) is 13.3. The number of rotatable bonds is 18. The Morgan fingerprint density at radius 1 is 0.692 bits per heavy atom. The molecule has 0 N–H and O–H groups in total. The van der Waals surface area contributed by atoms with Crippen molar-refractivity contribution in [3.05, 3.63) is 0 Å². The molecule has 0 aromatic carbocycles. The van der Waals surface area contributed by atoms with E-state index in [9.17, 15) is 0 Å². The summed E-state index contributed by atoms with van der Waals surface area (Å²) in [6.07, 6.45) is 6.37. The Kier molecular flexibility index (Phi) is 16.1. The van der Waals surface area contributed by atoms with E-state index in [2.05, 4.69) is 56.1 Å². The summed E-state index contributed by atoms with van der Waals surface area (Å²) in [6, 6.07) is 2.52. The van der Waals surface area contributed by atoms with E-state index in [4.69, 9.17) is 4.43 Å². The van der Waals surface area contributed by atoms with Gasteiger partial charge < -0.3 is 19.1 Å². The maximum atomic E-state index is 5.85. The zero-order valence-electron chi connectivity index (χ0n) is 19.1. The van der Waals surface area contributed by atoms with E-state index in [-0.39, 0.29) is 0 Å². The van der Waals surface area contributed by atoms with E-state index in [0.29, 0.717) is 0 Å². The summed E-state index contributed by atoms with van der Waals surface area (Å²) >= 11 is 0. The van der Waals surface area contributed by atoms with Gasteiger partial charge in [0, 0.05) is 7.11 Å². The minimum atomic E-state index is -1.43. The molecular formula is C21H49N3OSi. The molecule has 5 heteroatoms. The van der Waals surface area contributed by atoms with Crippen LogP contribution in [0.2, 0.25) is 18.6 Å². The highest BCUT2D eigenvalue weighted by molar-refractivity contribution is 6.72. The quantitative estimate of drug-likeness (QED) is 0.325. The van der Waals surface area contributed by atoms with Gasteiger partial charge in [0.25, 0.3) is 0 Å². The van der Waals surface area contributed by atoms with E-state index in [1.165, 1.54) is 90.0 Å². The van der Waals surface area contributed by atoms with Gasteiger partial charge in [0.2, 0.25) is 0 Å². The van der Waals surface area contributed by atoms with Crippen molar-refractivity contribution < 1.29 is 4.43 Å². The molecular weight excluding hydrogens is 338 g/mol. The van der Waals surface area contributed by atoms with Gasteiger partial charge >= 0.3 is 0 Å². The van der Waals surface area contributed by atoms with Gasteiger partial charge in [-0.3, -0.25) is 0 Å². The van der Waals surface area contributed by atoms with Gasteiger partial charge in [0.05, 0.1) is 0 Å². The maximum Gasteiger partial charge on any atom is 0.189 e. The molecule has 26 heavy (non-hydrogen) atoms. The SMILES string of the molecule is CCCN(C)CCCN(CCCN(C)CCC)CCC[Si](C)(CC)OC. The zero-order valence-corrected chi connectivity index (χ0v) is 20.1. The molecule has 0 aromatic heterocycles. The first-order valence-electron chi connectivity index (χ1n) is 11.0. The largest absolute Gasteiger partial charge is 0.420 e. The fraction of sp³-hybridized carbons (Fsp3) is 1.00. The van der Waals surface area contributed by atoms with Crippen molar-refractivity contribution in [1.29, 1.82) is 0 Å². The Balaban J connectivity index is 4.29. The van der Waals surface area contributed by atoms with E-state index in [0.717, 1.165) is 0 Å². The Bertz CT molecular complexity index is 296. The van der Waals surface area contributed by atoms with Crippen molar-refractivity contribution in [1.82, 2.24) is 14.7 Å². The molecule has 0 radical (unpaired) electrons. The highest BCUT2D eigenvalue weighted by Gasteiger charge is 2.24. The third-order valence-corrected chi connectivity index (χ3v) is 9.55. The molecule has 1 unspecified atom stereocenters. The van der Waals surface area contributed by atoms with Crippen LogP contribution in [0, 0.1) is 0 Å². The second kappa shape index (κ2) is 16.1. The summed E-state index contributed by atoms with van der Waals surface area (Å²) in [6.45, 7) is 17.8. The predicted molar refractivity (Wildman–Crippen MR) is 120 cm³/mol. The lowest BCUT2D eigenvalue weighted by Gasteiger charge is -2.28. The van der Waals surface area contributed by atoms with Crippen LogP contribution in [0.4, 0.5) is 0 Å². The van der Waals surface area contributed by atoms with E-state index in [1.54, 1.807) is 0 Å². The molecule has 0 rings (SSSR count). The highest BCUT2D eigenvalue weighted by atomic mass is 28.4. The molecule has 158 valence electrons. The molecule has 0 spiro atoms. The molecule has 0 aliphatic rings. The standard InChI is InChI=1S/C21H49N3OSi/c1-8-14-22(4)16-11-18-24(19-12-17-23(5)15-9-2)20-13-21-26(7,10-3)25-6/h8-21H2,1-7H3. The summed E-state index contributed by atoms with van der Waals surface area (Å²) in [7, 11) is 5.00. The van der Waals surface area contributed by atoms with Crippen molar-refractivity contribution in [3.63, 3.8) is 0 Å². The fourth-order valence-electron chi connectivity index (χ4n) is 3.55. The molecule has 0 bridgehead atoms. The van der Waals surface area contributed by atoms with Crippen molar-refractivity contribution in [2.75, 3.05) is 67.0 Å². The second-order valence-electron chi connectivity index (χ2n) is 8.27. The first-order valence-corrected chi connectivity index (χ1v) is 13.9. The normalized spacial score (nSPS) is 14.5. The minimum absolute atomic E-state index is 1.22. The van der Waals surface area contributed by atoms with Crippen molar-refractivity contribution in [2.45, 2.75) is 71.5 Å².